The molecule has 3 rings (SSSR count). The number of benzene rings is 2. The predicted octanol–water partition coefficient (Wildman–Crippen LogP) is 4.77. The van der Waals surface area contributed by atoms with Gasteiger partial charge in [0.15, 0.2) is 0 Å². The molecule has 0 bridgehead atoms. The number of hydrogen-bond donors (Lipinski definition) is 0. The maximum absolute atomic E-state index is 13.8. The summed E-state index contributed by atoms with van der Waals surface area (Å²) in [6, 6.07) is 11.5. The molecule has 21 heavy (non-hydrogen) atoms. The van der Waals surface area contributed by atoms with E-state index in [1.165, 1.54) is 11.6 Å². The molecule has 0 aliphatic heterocycles. The zero-order valence-corrected chi connectivity index (χ0v) is 12.8. The Bertz CT molecular complexity index is 808. The van der Waals surface area contributed by atoms with E-state index >= 15 is 0 Å². The lowest BCUT2D eigenvalue weighted by molar-refractivity contribution is 0.620. The zero-order chi connectivity index (χ0) is 15.0. The van der Waals surface area contributed by atoms with Crippen molar-refractivity contribution in [3.05, 3.63) is 59.2 Å². The average molecular weight is 303 g/mol. The lowest BCUT2D eigenvalue weighted by atomic mass is 10.1. The van der Waals surface area contributed by atoms with Gasteiger partial charge in [-0.1, -0.05) is 25.1 Å². The average Bonchev–Trinajstić information content (AvgIpc) is 2.85. The molecule has 0 amide bonds. The van der Waals surface area contributed by atoms with E-state index in [4.69, 9.17) is 11.6 Å². The molecule has 0 unspecified atom stereocenters. The predicted molar refractivity (Wildman–Crippen MR) is 84.7 cm³/mol. The second-order valence-electron chi connectivity index (χ2n) is 5.07. The Morgan fingerprint density at radius 3 is 2.71 bits per heavy atom. The highest BCUT2D eigenvalue weighted by atomic mass is 35.5. The molecule has 2 aromatic carbocycles. The summed E-state index contributed by atoms with van der Waals surface area (Å²) in [5.41, 5.74) is 4.41. The van der Waals surface area contributed by atoms with Crippen molar-refractivity contribution in [1.29, 1.82) is 0 Å². The van der Waals surface area contributed by atoms with Gasteiger partial charge in [-0.2, -0.15) is 0 Å². The van der Waals surface area contributed by atoms with Gasteiger partial charge in [-0.25, -0.2) is 9.37 Å². The molecule has 108 valence electrons. The molecule has 0 aliphatic rings. The number of alkyl halides is 1. The van der Waals surface area contributed by atoms with Crippen LogP contribution in [0.5, 0.6) is 0 Å². The number of fused-ring (bicyclic) bond motifs is 1. The molecule has 0 saturated carbocycles. The molecule has 0 N–H and O–H groups in total. The van der Waals surface area contributed by atoms with Gasteiger partial charge in [-0.3, -0.25) is 4.57 Å². The molecule has 4 heteroatoms. The van der Waals surface area contributed by atoms with Crippen LogP contribution in [0.15, 0.2) is 36.4 Å². The van der Waals surface area contributed by atoms with Crippen molar-refractivity contribution >= 4 is 22.6 Å². The van der Waals surface area contributed by atoms with E-state index < -0.39 is 0 Å². The van der Waals surface area contributed by atoms with Crippen molar-refractivity contribution in [2.45, 2.75) is 26.1 Å². The van der Waals surface area contributed by atoms with Gasteiger partial charge in [0, 0.05) is 6.07 Å². The van der Waals surface area contributed by atoms with Crippen LogP contribution in [-0.4, -0.2) is 9.55 Å². The molecule has 0 atom stereocenters. The first-order valence-corrected chi connectivity index (χ1v) is 7.51. The summed E-state index contributed by atoms with van der Waals surface area (Å²) in [7, 11) is 0. The van der Waals surface area contributed by atoms with Crippen LogP contribution in [0.1, 0.15) is 23.9 Å². The van der Waals surface area contributed by atoms with Gasteiger partial charge in [0.25, 0.3) is 0 Å². The third-order valence-electron chi connectivity index (χ3n) is 3.74. The van der Waals surface area contributed by atoms with E-state index in [1.807, 2.05) is 22.8 Å². The number of para-hydroxylation sites is 1. The van der Waals surface area contributed by atoms with Crippen LogP contribution in [0.4, 0.5) is 4.39 Å². The van der Waals surface area contributed by atoms with Crippen molar-refractivity contribution in [3.8, 4) is 5.69 Å². The molecule has 1 aromatic heterocycles. The van der Waals surface area contributed by atoms with Crippen LogP contribution in [0, 0.1) is 12.7 Å². The van der Waals surface area contributed by atoms with E-state index in [2.05, 4.69) is 24.0 Å². The largest absolute Gasteiger partial charge is 0.295 e. The number of imidazole rings is 1. The second kappa shape index (κ2) is 5.49. The number of nitrogens with zero attached hydrogens (tertiary/aromatic N) is 2. The minimum atomic E-state index is -0.239. The summed E-state index contributed by atoms with van der Waals surface area (Å²) >= 11 is 6.05. The van der Waals surface area contributed by atoms with Crippen LogP contribution >= 0.6 is 11.6 Å². The van der Waals surface area contributed by atoms with Crippen LogP contribution in [0.25, 0.3) is 16.7 Å². The summed E-state index contributed by atoms with van der Waals surface area (Å²) in [5.74, 6) is 0.780. The van der Waals surface area contributed by atoms with Gasteiger partial charge in [-0.05, 0) is 36.6 Å². The van der Waals surface area contributed by atoms with Gasteiger partial charge in [0.2, 0.25) is 0 Å². The van der Waals surface area contributed by atoms with E-state index in [9.17, 15) is 4.39 Å². The molecule has 0 fully saturated rings. The molecule has 0 aliphatic carbocycles. The fourth-order valence-electron chi connectivity index (χ4n) is 2.64. The fourth-order valence-corrected chi connectivity index (χ4v) is 2.82. The number of hydrogen-bond acceptors (Lipinski definition) is 1. The SMILES string of the molecule is CCc1ccccc1-n1c(CCl)nc2cc(F)c(C)cc21. The molecule has 0 radical (unpaired) electrons. The van der Waals surface area contributed by atoms with Crippen molar-refractivity contribution in [1.82, 2.24) is 9.55 Å². The van der Waals surface area contributed by atoms with E-state index in [-0.39, 0.29) is 11.7 Å². The van der Waals surface area contributed by atoms with Crippen molar-refractivity contribution in [2.75, 3.05) is 0 Å². The Kier molecular flexibility index (Phi) is 3.68. The molecular weight excluding hydrogens is 287 g/mol. The lowest BCUT2D eigenvalue weighted by Gasteiger charge is -2.12. The van der Waals surface area contributed by atoms with Crippen molar-refractivity contribution in [3.63, 3.8) is 0 Å². The smallest absolute Gasteiger partial charge is 0.129 e. The summed E-state index contributed by atoms with van der Waals surface area (Å²) in [5, 5.41) is 0. The van der Waals surface area contributed by atoms with Gasteiger partial charge in [-0.15, -0.1) is 11.6 Å². The first-order valence-electron chi connectivity index (χ1n) is 6.97. The van der Waals surface area contributed by atoms with E-state index in [0.29, 0.717) is 11.1 Å². The number of aromatic nitrogens is 2. The van der Waals surface area contributed by atoms with Gasteiger partial charge < -0.3 is 0 Å². The fraction of sp³-hybridized carbons (Fsp3) is 0.235. The number of aryl methyl sites for hydroxylation is 2. The Morgan fingerprint density at radius 1 is 1.24 bits per heavy atom. The van der Waals surface area contributed by atoms with E-state index in [1.54, 1.807) is 6.92 Å². The summed E-state index contributed by atoms with van der Waals surface area (Å²) in [6.07, 6.45) is 0.914. The molecular formula is C17H16ClFN2. The molecule has 2 nitrogen and oxygen atoms in total. The van der Waals surface area contributed by atoms with E-state index in [0.717, 1.165) is 23.4 Å². The van der Waals surface area contributed by atoms with Crippen LogP contribution < -0.4 is 0 Å². The third-order valence-corrected chi connectivity index (χ3v) is 3.98. The first-order chi connectivity index (χ1) is 10.2. The zero-order valence-electron chi connectivity index (χ0n) is 12.0. The maximum Gasteiger partial charge on any atom is 0.129 e. The minimum Gasteiger partial charge on any atom is -0.295 e. The summed E-state index contributed by atoms with van der Waals surface area (Å²) < 4.78 is 15.8. The Hall–Kier alpha value is -1.87. The maximum atomic E-state index is 13.8. The highest BCUT2D eigenvalue weighted by Gasteiger charge is 2.15. The molecule has 3 aromatic rings. The quantitative estimate of drug-likeness (QED) is 0.637. The van der Waals surface area contributed by atoms with Crippen molar-refractivity contribution < 1.29 is 4.39 Å². The lowest BCUT2D eigenvalue weighted by Crippen LogP contribution is -2.03. The van der Waals surface area contributed by atoms with Gasteiger partial charge in [0.1, 0.15) is 11.6 Å². The van der Waals surface area contributed by atoms with Crippen LogP contribution in [0.3, 0.4) is 0 Å². The summed E-state index contributed by atoms with van der Waals surface area (Å²) in [4.78, 5) is 4.48. The topological polar surface area (TPSA) is 17.8 Å². The standard InChI is InChI=1S/C17H16ClFN2/c1-3-12-6-4-5-7-15(12)21-16-8-11(2)13(19)9-14(16)20-17(21)10-18/h4-9H,3,10H2,1-2H3. The third kappa shape index (κ3) is 2.32. The number of halogens is 2. The number of rotatable bonds is 3. The Morgan fingerprint density at radius 2 is 2.00 bits per heavy atom. The Balaban J connectivity index is 2.37. The molecule has 1 heterocycles. The normalized spacial score (nSPS) is 11.2. The molecule has 0 spiro atoms. The second-order valence-corrected chi connectivity index (χ2v) is 5.34. The summed E-state index contributed by atoms with van der Waals surface area (Å²) in [6.45, 7) is 3.88. The monoisotopic (exact) mass is 302 g/mol. The van der Waals surface area contributed by atoms with Crippen LogP contribution in [-0.2, 0) is 12.3 Å². The highest BCUT2D eigenvalue weighted by molar-refractivity contribution is 6.17. The van der Waals surface area contributed by atoms with Gasteiger partial charge >= 0.3 is 0 Å². The minimum absolute atomic E-state index is 0.239. The van der Waals surface area contributed by atoms with Crippen LogP contribution in [0.2, 0.25) is 0 Å². The highest BCUT2D eigenvalue weighted by Crippen LogP contribution is 2.27. The van der Waals surface area contributed by atoms with Crippen molar-refractivity contribution in [2.24, 2.45) is 0 Å². The molecule has 0 saturated heterocycles. The first kappa shape index (κ1) is 14.1. The van der Waals surface area contributed by atoms with Gasteiger partial charge in [0.05, 0.1) is 22.6 Å². The Labute approximate surface area is 128 Å².